The first-order valence-electron chi connectivity index (χ1n) is 9.66. The van der Waals surface area contributed by atoms with Gasteiger partial charge in [-0.15, -0.1) is 0 Å². The largest absolute Gasteiger partial charge is 0.507 e. The fraction of sp³-hybridized carbons (Fsp3) is 0.261. The first kappa shape index (κ1) is 20.9. The van der Waals surface area contributed by atoms with E-state index in [0.717, 1.165) is 24.8 Å². The topological polar surface area (TPSA) is 87.5 Å². The lowest BCUT2D eigenvalue weighted by atomic mass is 9.97. The molecule has 1 heterocycles. The number of benzene rings is 2. The van der Waals surface area contributed by atoms with Gasteiger partial charge in [-0.25, -0.2) is 8.42 Å². The number of hydrogen-bond donors (Lipinski definition) is 2. The highest BCUT2D eigenvalue weighted by Crippen LogP contribution is 2.45. The predicted molar refractivity (Wildman–Crippen MR) is 113 cm³/mol. The molecule has 3 rings (SSSR count). The molecule has 0 fully saturated rings. The fourth-order valence-electron chi connectivity index (χ4n) is 3.45. The molecule has 2 N–H and O–H groups in total. The average molecular weight is 412 g/mol. The minimum atomic E-state index is -4.02. The van der Waals surface area contributed by atoms with Gasteiger partial charge in [0.1, 0.15) is 16.4 Å². The van der Waals surface area contributed by atoms with Crippen LogP contribution in [-0.2, 0) is 16.3 Å². The molecule has 0 bridgehead atoms. The second-order valence-corrected chi connectivity index (χ2v) is 9.01. The minimum absolute atomic E-state index is 0.00734. The Kier molecular flexibility index (Phi) is 6.23. The molecule has 5 nitrogen and oxygen atoms in total. The Hall–Kier alpha value is -2.86. The Bertz CT molecular complexity index is 1110. The van der Waals surface area contributed by atoms with Gasteiger partial charge in [0.2, 0.25) is 9.84 Å². The third-order valence-corrected chi connectivity index (χ3v) is 6.74. The lowest BCUT2D eigenvalue weighted by Gasteiger charge is -2.17. The summed E-state index contributed by atoms with van der Waals surface area (Å²) >= 11 is 0. The van der Waals surface area contributed by atoms with Crippen LogP contribution >= 0.6 is 0 Å². The summed E-state index contributed by atoms with van der Waals surface area (Å²) in [6.45, 7) is 3.95. The van der Waals surface area contributed by atoms with Crippen molar-refractivity contribution in [3.05, 3.63) is 66.0 Å². The standard InChI is InChI=1S/C23H25NO4S/c1-3-4-5-9-18-14-20(25)21(17-10-6-8-16(2)13-17)22(26)23(18)29(27,28)19-11-7-12-24-15-19/h6-8,10-15,25-26H,3-5,9H2,1-2H3. The van der Waals surface area contributed by atoms with Crippen molar-refractivity contribution in [2.24, 2.45) is 0 Å². The van der Waals surface area contributed by atoms with E-state index >= 15 is 0 Å². The molecule has 0 atom stereocenters. The van der Waals surface area contributed by atoms with E-state index in [1.54, 1.807) is 24.3 Å². The molecule has 0 amide bonds. The maximum atomic E-state index is 13.4. The number of pyridine rings is 1. The monoisotopic (exact) mass is 411 g/mol. The van der Waals surface area contributed by atoms with Crippen molar-refractivity contribution in [1.82, 2.24) is 4.98 Å². The van der Waals surface area contributed by atoms with Crippen molar-refractivity contribution >= 4 is 9.84 Å². The summed E-state index contributed by atoms with van der Waals surface area (Å²) in [6, 6.07) is 11.7. The molecule has 0 aliphatic carbocycles. The summed E-state index contributed by atoms with van der Waals surface area (Å²) in [4.78, 5) is 3.76. The van der Waals surface area contributed by atoms with E-state index in [4.69, 9.17) is 0 Å². The smallest absolute Gasteiger partial charge is 0.212 e. The number of rotatable bonds is 7. The Labute approximate surface area is 171 Å². The van der Waals surface area contributed by atoms with Crippen LogP contribution in [0.25, 0.3) is 11.1 Å². The molecule has 6 heteroatoms. The number of phenolic OH excluding ortho intramolecular Hbond substituents is 2. The predicted octanol–water partition coefficient (Wildman–Crippen LogP) is 5.03. The summed E-state index contributed by atoms with van der Waals surface area (Å²) in [5, 5.41) is 21.8. The van der Waals surface area contributed by atoms with E-state index in [-0.39, 0.29) is 21.1 Å². The summed E-state index contributed by atoms with van der Waals surface area (Å²) in [6.07, 6.45) is 5.87. The van der Waals surface area contributed by atoms with E-state index in [0.29, 0.717) is 17.5 Å². The quantitative estimate of drug-likeness (QED) is 0.532. The van der Waals surface area contributed by atoms with Crippen LogP contribution in [0.2, 0.25) is 0 Å². The Morgan fingerprint density at radius 1 is 1.03 bits per heavy atom. The second kappa shape index (κ2) is 8.66. The summed E-state index contributed by atoms with van der Waals surface area (Å²) in [5.74, 6) is -0.560. The Morgan fingerprint density at radius 3 is 2.48 bits per heavy atom. The lowest BCUT2D eigenvalue weighted by molar-refractivity contribution is 0.440. The number of unbranched alkanes of at least 4 members (excludes halogenated alkanes) is 2. The van der Waals surface area contributed by atoms with Crippen LogP contribution in [0.5, 0.6) is 11.5 Å². The van der Waals surface area contributed by atoms with Crippen molar-refractivity contribution in [2.45, 2.75) is 49.3 Å². The highest BCUT2D eigenvalue weighted by atomic mass is 32.2. The first-order valence-corrected chi connectivity index (χ1v) is 11.1. The summed E-state index contributed by atoms with van der Waals surface area (Å²) in [7, 11) is -4.02. The molecule has 1 aromatic heterocycles. The van der Waals surface area contributed by atoms with Gasteiger partial charge in [0.25, 0.3) is 0 Å². The van der Waals surface area contributed by atoms with E-state index in [9.17, 15) is 18.6 Å². The van der Waals surface area contributed by atoms with Gasteiger partial charge in [-0.1, -0.05) is 49.6 Å². The van der Waals surface area contributed by atoms with E-state index < -0.39 is 15.6 Å². The molecule has 0 radical (unpaired) electrons. The zero-order valence-corrected chi connectivity index (χ0v) is 17.4. The van der Waals surface area contributed by atoms with E-state index in [1.165, 1.54) is 24.5 Å². The fourth-order valence-corrected chi connectivity index (χ4v) is 5.01. The van der Waals surface area contributed by atoms with Gasteiger partial charge in [-0.05, 0) is 49.1 Å². The number of nitrogens with zero attached hydrogens (tertiary/aromatic N) is 1. The molecule has 29 heavy (non-hydrogen) atoms. The maximum absolute atomic E-state index is 13.4. The van der Waals surface area contributed by atoms with Crippen LogP contribution in [0, 0.1) is 6.92 Å². The SMILES string of the molecule is CCCCCc1cc(O)c(-c2cccc(C)c2)c(O)c1S(=O)(=O)c1cccnc1. The van der Waals surface area contributed by atoms with Gasteiger partial charge in [0.05, 0.1) is 10.5 Å². The van der Waals surface area contributed by atoms with Gasteiger partial charge >= 0.3 is 0 Å². The molecular weight excluding hydrogens is 386 g/mol. The second-order valence-electron chi connectivity index (χ2n) is 7.13. The molecule has 0 aliphatic rings. The third kappa shape index (κ3) is 4.27. The highest BCUT2D eigenvalue weighted by molar-refractivity contribution is 7.91. The van der Waals surface area contributed by atoms with Crippen molar-refractivity contribution < 1.29 is 18.6 Å². The molecule has 0 aliphatic heterocycles. The van der Waals surface area contributed by atoms with Crippen molar-refractivity contribution in [3.63, 3.8) is 0 Å². The average Bonchev–Trinajstić information content (AvgIpc) is 2.68. The molecule has 152 valence electrons. The van der Waals surface area contributed by atoms with Gasteiger partial charge in [0, 0.05) is 12.4 Å². The number of aromatic hydroxyl groups is 2. The molecule has 0 unspecified atom stereocenters. The van der Waals surface area contributed by atoms with Crippen molar-refractivity contribution in [1.29, 1.82) is 0 Å². The van der Waals surface area contributed by atoms with Crippen LogP contribution in [0.15, 0.2) is 64.6 Å². The number of hydrogen-bond acceptors (Lipinski definition) is 5. The Balaban J connectivity index is 2.27. The summed E-state index contributed by atoms with van der Waals surface area (Å²) in [5.41, 5.74) is 2.02. The Morgan fingerprint density at radius 2 is 1.83 bits per heavy atom. The molecular formula is C23H25NO4S. The van der Waals surface area contributed by atoms with E-state index in [1.807, 2.05) is 13.0 Å². The highest BCUT2D eigenvalue weighted by Gasteiger charge is 2.29. The number of aryl methyl sites for hydroxylation is 2. The normalized spacial score (nSPS) is 11.5. The van der Waals surface area contributed by atoms with Crippen molar-refractivity contribution in [2.75, 3.05) is 0 Å². The zero-order valence-electron chi connectivity index (χ0n) is 16.6. The van der Waals surface area contributed by atoms with Crippen LogP contribution in [-0.4, -0.2) is 23.6 Å². The van der Waals surface area contributed by atoms with Gasteiger partial charge < -0.3 is 10.2 Å². The zero-order chi connectivity index (χ0) is 21.0. The lowest BCUT2D eigenvalue weighted by Crippen LogP contribution is -2.08. The number of aromatic nitrogens is 1. The van der Waals surface area contributed by atoms with Crippen LogP contribution < -0.4 is 0 Å². The number of sulfone groups is 1. The summed E-state index contributed by atoms with van der Waals surface area (Å²) < 4.78 is 26.8. The van der Waals surface area contributed by atoms with Crippen LogP contribution in [0.4, 0.5) is 0 Å². The molecule has 0 spiro atoms. The molecule has 2 aromatic carbocycles. The number of phenols is 2. The first-order chi connectivity index (χ1) is 13.9. The van der Waals surface area contributed by atoms with Crippen LogP contribution in [0.3, 0.4) is 0 Å². The third-order valence-electron chi connectivity index (χ3n) is 4.88. The van der Waals surface area contributed by atoms with Crippen molar-refractivity contribution in [3.8, 4) is 22.6 Å². The van der Waals surface area contributed by atoms with E-state index in [2.05, 4.69) is 11.9 Å². The van der Waals surface area contributed by atoms with Crippen LogP contribution in [0.1, 0.15) is 37.3 Å². The molecule has 0 saturated heterocycles. The van der Waals surface area contributed by atoms with Gasteiger partial charge in [0.15, 0.2) is 0 Å². The maximum Gasteiger partial charge on any atom is 0.212 e. The molecule has 0 saturated carbocycles. The molecule has 3 aromatic rings. The van der Waals surface area contributed by atoms with Gasteiger partial charge in [-0.3, -0.25) is 4.98 Å². The minimum Gasteiger partial charge on any atom is -0.507 e. The van der Waals surface area contributed by atoms with Gasteiger partial charge in [-0.2, -0.15) is 0 Å².